The minimum Gasteiger partial charge on any atom is -0.387 e. The number of hydrogen-bond donors (Lipinski definition) is 2. The van der Waals surface area contributed by atoms with E-state index in [1.54, 1.807) is 13.1 Å². The molecule has 1 aromatic heterocycles. The fourth-order valence-electron chi connectivity index (χ4n) is 2.32. The van der Waals surface area contributed by atoms with Crippen LogP contribution in [-0.2, 0) is 9.84 Å². The Morgan fingerprint density at radius 2 is 2.20 bits per heavy atom. The maximum absolute atomic E-state index is 12.0. The molecule has 1 saturated heterocycles. The molecule has 110 valence electrons. The highest BCUT2D eigenvalue weighted by atomic mass is 32.2. The number of rotatable bonds is 3. The Morgan fingerprint density at radius 1 is 1.50 bits per heavy atom. The third-order valence-electron chi connectivity index (χ3n) is 3.38. The van der Waals surface area contributed by atoms with Gasteiger partial charge in [-0.1, -0.05) is 6.07 Å². The molecule has 0 spiro atoms. The highest BCUT2D eigenvalue weighted by Crippen LogP contribution is 2.22. The van der Waals surface area contributed by atoms with Crippen molar-refractivity contribution in [2.75, 3.05) is 18.1 Å². The molecule has 1 aromatic rings. The molecule has 2 heterocycles. The number of amides is 1. The summed E-state index contributed by atoms with van der Waals surface area (Å²) in [5, 5.41) is 12.7. The molecule has 0 aliphatic carbocycles. The third kappa shape index (κ3) is 3.34. The largest absolute Gasteiger partial charge is 0.387 e. The lowest BCUT2D eigenvalue weighted by Gasteiger charge is -2.21. The van der Waals surface area contributed by atoms with E-state index in [4.69, 9.17) is 0 Å². The molecular formula is C13H18N2O4S. The van der Waals surface area contributed by atoms with Crippen molar-refractivity contribution in [3.8, 4) is 0 Å². The predicted molar refractivity (Wildman–Crippen MR) is 74.3 cm³/mol. The molecule has 7 heteroatoms. The zero-order chi connectivity index (χ0) is 15.0. The first-order valence-corrected chi connectivity index (χ1v) is 8.17. The lowest BCUT2D eigenvalue weighted by Crippen LogP contribution is -2.44. The zero-order valence-corrected chi connectivity index (χ0v) is 12.3. The highest BCUT2D eigenvalue weighted by molar-refractivity contribution is 7.91. The van der Waals surface area contributed by atoms with Crippen LogP contribution in [0.4, 0.5) is 0 Å². The third-order valence-corrected chi connectivity index (χ3v) is 5.18. The van der Waals surface area contributed by atoms with Crippen LogP contribution in [0.1, 0.15) is 28.0 Å². The van der Waals surface area contributed by atoms with E-state index in [0.29, 0.717) is 5.69 Å². The van der Waals surface area contributed by atoms with E-state index in [0.717, 1.165) is 11.1 Å². The number of nitrogens with one attached hydrogen (secondary N) is 1. The molecule has 0 aromatic carbocycles. The molecule has 1 aliphatic rings. The van der Waals surface area contributed by atoms with E-state index < -0.39 is 21.3 Å². The van der Waals surface area contributed by atoms with Gasteiger partial charge in [-0.3, -0.25) is 9.78 Å². The predicted octanol–water partition coefficient (Wildman–Crippen LogP) is -0.0222. The van der Waals surface area contributed by atoms with Crippen LogP contribution in [0.5, 0.6) is 0 Å². The fourth-order valence-corrected chi connectivity index (χ4v) is 4.22. The number of nitrogens with zero attached hydrogens (tertiary/aromatic N) is 1. The van der Waals surface area contributed by atoms with Gasteiger partial charge in [-0.15, -0.1) is 0 Å². The number of pyridine rings is 1. The summed E-state index contributed by atoms with van der Waals surface area (Å²) in [6, 6.07) is 1.84. The van der Waals surface area contributed by atoms with Gasteiger partial charge in [-0.2, -0.15) is 0 Å². The van der Waals surface area contributed by atoms with Crippen LogP contribution < -0.4 is 5.32 Å². The van der Waals surface area contributed by atoms with Gasteiger partial charge in [0.1, 0.15) is 5.69 Å². The van der Waals surface area contributed by atoms with E-state index >= 15 is 0 Å². The Morgan fingerprint density at radius 3 is 2.75 bits per heavy atom. The molecule has 1 atom stereocenters. The number of aryl methyl sites for hydroxylation is 2. The fraction of sp³-hybridized carbons (Fsp3) is 0.538. The molecule has 6 nitrogen and oxygen atoms in total. The Labute approximate surface area is 118 Å². The Kier molecular flexibility index (Phi) is 3.84. The van der Waals surface area contributed by atoms with Crippen molar-refractivity contribution >= 4 is 15.7 Å². The number of aliphatic hydroxyl groups is 1. The molecule has 1 aliphatic heterocycles. The van der Waals surface area contributed by atoms with Crippen molar-refractivity contribution in [2.45, 2.75) is 25.9 Å². The van der Waals surface area contributed by atoms with E-state index in [-0.39, 0.29) is 24.5 Å². The van der Waals surface area contributed by atoms with Crippen LogP contribution in [0.3, 0.4) is 0 Å². The van der Waals surface area contributed by atoms with Crippen molar-refractivity contribution in [2.24, 2.45) is 0 Å². The topological polar surface area (TPSA) is 96.4 Å². The van der Waals surface area contributed by atoms with Gasteiger partial charge in [-0.05, 0) is 31.4 Å². The summed E-state index contributed by atoms with van der Waals surface area (Å²) in [7, 11) is -3.20. The van der Waals surface area contributed by atoms with Crippen LogP contribution in [0, 0.1) is 13.8 Å². The summed E-state index contributed by atoms with van der Waals surface area (Å²) in [5.41, 5.74) is 0.626. The standard InChI is InChI=1S/C13H18N2O4S/c1-9-5-10(2)11(14-6-9)12(16)15-7-13(17)3-4-20(18,19)8-13/h5-6,17H,3-4,7-8H2,1-2H3,(H,15,16). The van der Waals surface area contributed by atoms with E-state index in [9.17, 15) is 18.3 Å². The molecule has 1 fully saturated rings. The second-order valence-corrected chi connectivity index (χ2v) is 7.61. The van der Waals surface area contributed by atoms with E-state index in [1.165, 1.54) is 0 Å². The summed E-state index contributed by atoms with van der Waals surface area (Å²) in [5.74, 6) is -0.748. The minimum atomic E-state index is -3.20. The first kappa shape index (κ1) is 14.9. The lowest BCUT2D eigenvalue weighted by atomic mass is 10.0. The molecule has 1 unspecified atom stereocenters. The average molecular weight is 298 g/mol. The van der Waals surface area contributed by atoms with E-state index in [1.807, 2.05) is 13.0 Å². The average Bonchev–Trinajstić information content (AvgIpc) is 2.61. The second kappa shape index (κ2) is 5.14. The maximum atomic E-state index is 12.0. The molecule has 0 radical (unpaired) electrons. The molecule has 20 heavy (non-hydrogen) atoms. The zero-order valence-electron chi connectivity index (χ0n) is 11.5. The SMILES string of the molecule is Cc1cnc(C(=O)NCC2(O)CCS(=O)(=O)C2)c(C)c1. The van der Waals surface area contributed by atoms with Crippen molar-refractivity contribution in [1.82, 2.24) is 10.3 Å². The lowest BCUT2D eigenvalue weighted by molar-refractivity contribution is 0.0607. The first-order chi connectivity index (χ1) is 9.21. The molecule has 0 saturated carbocycles. The van der Waals surface area contributed by atoms with Crippen molar-refractivity contribution in [1.29, 1.82) is 0 Å². The smallest absolute Gasteiger partial charge is 0.270 e. The van der Waals surface area contributed by atoms with Gasteiger partial charge in [0.15, 0.2) is 9.84 Å². The minimum absolute atomic E-state index is 0.0405. The van der Waals surface area contributed by atoms with Gasteiger partial charge in [0, 0.05) is 12.7 Å². The van der Waals surface area contributed by atoms with Crippen LogP contribution in [0.25, 0.3) is 0 Å². The Bertz CT molecular complexity index is 642. The van der Waals surface area contributed by atoms with Crippen molar-refractivity contribution in [3.05, 3.63) is 29.1 Å². The number of carbonyl (C=O) groups excluding carboxylic acids is 1. The molecular weight excluding hydrogens is 280 g/mol. The normalized spacial score (nSPS) is 24.6. The molecule has 2 N–H and O–H groups in total. The monoisotopic (exact) mass is 298 g/mol. The van der Waals surface area contributed by atoms with Gasteiger partial charge in [0.2, 0.25) is 0 Å². The summed E-state index contributed by atoms with van der Waals surface area (Å²) < 4.78 is 22.7. The number of sulfone groups is 1. The highest BCUT2D eigenvalue weighted by Gasteiger charge is 2.40. The number of hydrogen-bond acceptors (Lipinski definition) is 5. The molecule has 2 rings (SSSR count). The summed E-state index contributed by atoms with van der Waals surface area (Å²) in [6.45, 7) is 3.58. The van der Waals surface area contributed by atoms with Gasteiger partial charge in [-0.25, -0.2) is 8.42 Å². The maximum Gasteiger partial charge on any atom is 0.270 e. The quantitative estimate of drug-likeness (QED) is 0.817. The number of carbonyl (C=O) groups is 1. The van der Waals surface area contributed by atoms with Crippen molar-refractivity contribution in [3.63, 3.8) is 0 Å². The van der Waals surface area contributed by atoms with Gasteiger partial charge < -0.3 is 10.4 Å². The summed E-state index contributed by atoms with van der Waals surface area (Å²) >= 11 is 0. The Balaban J connectivity index is 2.03. The van der Waals surface area contributed by atoms with Crippen LogP contribution in [-0.4, -0.2) is 48.1 Å². The van der Waals surface area contributed by atoms with Gasteiger partial charge in [0.05, 0.1) is 17.1 Å². The Hall–Kier alpha value is -1.47. The second-order valence-electron chi connectivity index (χ2n) is 5.43. The van der Waals surface area contributed by atoms with Crippen molar-refractivity contribution < 1.29 is 18.3 Å². The van der Waals surface area contributed by atoms with Crippen LogP contribution in [0.15, 0.2) is 12.3 Å². The first-order valence-electron chi connectivity index (χ1n) is 6.35. The molecule has 0 bridgehead atoms. The summed E-state index contributed by atoms with van der Waals surface area (Å²) in [4.78, 5) is 16.1. The van der Waals surface area contributed by atoms with Gasteiger partial charge >= 0.3 is 0 Å². The van der Waals surface area contributed by atoms with E-state index in [2.05, 4.69) is 10.3 Å². The molecule has 1 amide bonds. The van der Waals surface area contributed by atoms with Gasteiger partial charge in [0.25, 0.3) is 5.91 Å². The van der Waals surface area contributed by atoms with Crippen LogP contribution in [0.2, 0.25) is 0 Å². The summed E-state index contributed by atoms with van der Waals surface area (Å²) in [6.07, 6.45) is 1.74. The van der Waals surface area contributed by atoms with Crippen LogP contribution >= 0.6 is 0 Å². The number of aromatic nitrogens is 1.